The Morgan fingerprint density at radius 1 is 0.867 bits per heavy atom. The molecular formula is C22H36N6O2. The van der Waals surface area contributed by atoms with E-state index < -0.39 is 0 Å². The molecule has 0 bridgehead atoms. The van der Waals surface area contributed by atoms with Gasteiger partial charge in [0.25, 0.3) is 0 Å². The Balaban J connectivity index is 1.92. The Hall–Kier alpha value is -2.64. The summed E-state index contributed by atoms with van der Waals surface area (Å²) in [7, 11) is 5.32. The van der Waals surface area contributed by atoms with Gasteiger partial charge in [0.05, 0.1) is 12.4 Å². The van der Waals surface area contributed by atoms with E-state index in [4.69, 9.17) is 0 Å². The smallest absolute Gasteiger partial charge is 0.246 e. The van der Waals surface area contributed by atoms with Crippen LogP contribution in [0.15, 0.2) is 24.8 Å². The molecule has 2 amide bonds. The van der Waals surface area contributed by atoms with Crippen LogP contribution in [0.4, 0.5) is 0 Å². The van der Waals surface area contributed by atoms with Gasteiger partial charge in [0.1, 0.15) is 12.1 Å². The molecule has 30 heavy (non-hydrogen) atoms. The second-order valence-corrected chi connectivity index (χ2v) is 8.70. The van der Waals surface area contributed by atoms with Gasteiger partial charge in [-0.2, -0.15) is 10.2 Å². The second kappa shape index (κ2) is 9.91. The van der Waals surface area contributed by atoms with E-state index in [0.29, 0.717) is 12.5 Å². The van der Waals surface area contributed by atoms with Gasteiger partial charge < -0.3 is 9.80 Å². The van der Waals surface area contributed by atoms with Gasteiger partial charge in [0.15, 0.2) is 0 Å². The standard InChI is InChI=1S/C22H36N6O2/c1-15(2)19-11-23-27(13-19)18(5)22(30)26(8)10-9-16(3)20-12-24-28(14-20)17(4)21(29)25(6)7/h11-18H,9-10H2,1-8H3/t16?,17-,18+/m0/s1. The molecule has 0 N–H and O–H groups in total. The first kappa shape index (κ1) is 23.6. The number of carbonyl (C=O) groups is 2. The lowest BCUT2D eigenvalue weighted by Gasteiger charge is -2.23. The first-order chi connectivity index (χ1) is 14.0. The maximum Gasteiger partial charge on any atom is 0.246 e. The molecule has 0 aliphatic carbocycles. The molecule has 1 unspecified atom stereocenters. The van der Waals surface area contributed by atoms with Crippen molar-refractivity contribution in [3.63, 3.8) is 0 Å². The fourth-order valence-electron chi connectivity index (χ4n) is 3.26. The lowest BCUT2D eigenvalue weighted by Crippen LogP contribution is -2.34. The zero-order chi connectivity index (χ0) is 22.6. The lowest BCUT2D eigenvalue weighted by atomic mass is 10.0. The number of rotatable bonds is 9. The third-order valence-electron chi connectivity index (χ3n) is 5.70. The third-order valence-corrected chi connectivity index (χ3v) is 5.70. The summed E-state index contributed by atoms with van der Waals surface area (Å²) in [5, 5.41) is 8.72. The fraction of sp³-hybridized carbons (Fsp3) is 0.636. The highest BCUT2D eigenvalue weighted by Crippen LogP contribution is 2.21. The highest BCUT2D eigenvalue weighted by atomic mass is 16.2. The van der Waals surface area contributed by atoms with Crippen molar-refractivity contribution < 1.29 is 9.59 Å². The molecule has 2 heterocycles. The highest BCUT2D eigenvalue weighted by Gasteiger charge is 2.22. The van der Waals surface area contributed by atoms with Crippen molar-refractivity contribution in [2.75, 3.05) is 27.7 Å². The molecule has 2 rings (SSSR count). The summed E-state index contributed by atoms with van der Waals surface area (Å²) in [6.07, 6.45) is 8.33. The van der Waals surface area contributed by atoms with E-state index in [-0.39, 0.29) is 29.8 Å². The molecule has 0 saturated carbocycles. The minimum atomic E-state index is -0.337. The normalized spacial score (nSPS) is 14.4. The Labute approximate surface area is 179 Å². The van der Waals surface area contributed by atoms with Crippen LogP contribution in [-0.4, -0.2) is 68.9 Å². The van der Waals surface area contributed by atoms with Crippen molar-refractivity contribution in [2.45, 2.75) is 65.0 Å². The van der Waals surface area contributed by atoms with Gasteiger partial charge in [-0.1, -0.05) is 20.8 Å². The van der Waals surface area contributed by atoms with Crippen molar-refractivity contribution >= 4 is 11.8 Å². The van der Waals surface area contributed by atoms with Crippen LogP contribution >= 0.6 is 0 Å². The van der Waals surface area contributed by atoms with Crippen LogP contribution in [0.25, 0.3) is 0 Å². The number of aromatic nitrogens is 4. The summed E-state index contributed by atoms with van der Waals surface area (Å²) in [6.45, 7) is 10.7. The summed E-state index contributed by atoms with van der Waals surface area (Å²) in [5.74, 6) is 0.664. The number of nitrogens with zero attached hydrogens (tertiary/aromatic N) is 6. The predicted octanol–water partition coefficient (Wildman–Crippen LogP) is 3.07. The molecule has 0 radical (unpaired) electrons. The van der Waals surface area contributed by atoms with Crippen LogP contribution in [-0.2, 0) is 9.59 Å². The molecule has 0 saturated heterocycles. The van der Waals surface area contributed by atoms with Gasteiger partial charge in [-0.05, 0) is 43.2 Å². The quantitative estimate of drug-likeness (QED) is 0.629. The summed E-state index contributed by atoms with van der Waals surface area (Å²) in [5.41, 5.74) is 2.20. The fourth-order valence-corrected chi connectivity index (χ4v) is 3.26. The van der Waals surface area contributed by atoms with Crippen LogP contribution in [0.2, 0.25) is 0 Å². The summed E-state index contributed by atoms with van der Waals surface area (Å²) >= 11 is 0. The average Bonchev–Trinajstić information content (AvgIpc) is 3.39. The highest BCUT2D eigenvalue weighted by molar-refractivity contribution is 5.80. The van der Waals surface area contributed by atoms with Gasteiger partial charge in [0, 0.05) is 40.1 Å². The van der Waals surface area contributed by atoms with E-state index >= 15 is 0 Å². The number of likely N-dealkylation sites (N-methyl/N-ethyl adjacent to an activating group) is 2. The van der Waals surface area contributed by atoms with E-state index in [0.717, 1.165) is 17.5 Å². The van der Waals surface area contributed by atoms with Crippen LogP contribution in [0.5, 0.6) is 0 Å². The number of hydrogen-bond acceptors (Lipinski definition) is 4. The average molecular weight is 417 g/mol. The van der Waals surface area contributed by atoms with Crippen LogP contribution in [0.1, 0.15) is 76.1 Å². The molecule has 3 atom stereocenters. The van der Waals surface area contributed by atoms with Crippen LogP contribution in [0.3, 0.4) is 0 Å². The minimum absolute atomic E-state index is 0.0101. The van der Waals surface area contributed by atoms with E-state index in [1.165, 1.54) is 0 Å². The largest absolute Gasteiger partial charge is 0.347 e. The van der Waals surface area contributed by atoms with Gasteiger partial charge in [-0.15, -0.1) is 0 Å². The molecule has 8 nitrogen and oxygen atoms in total. The molecule has 0 spiro atoms. The molecule has 2 aromatic heterocycles. The molecule has 8 heteroatoms. The van der Waals surface area contributed by atoms with Crippen molar-refractivity contribution in [3.05, 3.63) is 35.9 Å². The Kier molecular flexibility index (Phi) is 7.81. The van der Waals surface area contributed by atoms with Gasteiger partial charge in [-0.25, -0.2) is 0 Å². The van der Waals surface area contributed by atoms with E-state index in [1.807, 2.05) is 45.7 Å². The molecule has 2 aromatic rings. The van der Waals surface area contributed by atoms with E-state index in [1.54, 1.807) is 33.3 Å². The summed E-state index contributed by atoms with van der Waals surface area (Å²) in [4.78, 5) is 28.3. The number of amides is 2. The third kappa shape index (κ3) is 5.49. The Morgan fingerprint density at radius 2 is 1.37 bits per heavy atom. The second-order valence-electron chi connectivity index (χ2n) is 8.70. The molecule has 0 fully saturated rings. The topological polar surface area (TPSA) is 76.3 Å². The van der Waals surface area contributed by atoms with Crippen molar-refractivity contribution in [2.24, 2.45) is 0 Å². The number of hydrogen-bond donors (Lipinski definition) is 0. The molecular weight excluding hydrogens is 380 g/mol. The first-order valence-electron chi connectivity index (χ1n) is 10.6. The maximum absolute atomic E-state index is 12.8. The molecule has 0 aliphatic heterocycles. The van der Waals surface area contributed by atoms with Crippen molar-refractivity contribution in [3.8, 4) is 0 Å². The summed E-state index contributed by atoms with van der Waals surface area (Å²) in [6, 6.07) is -0.672. The zero-order valence-electron chi connectivity index (χ0n) is 19.5. The Bertz CT molecular complexity index is 853. The lowest BCUT2D eigenvalue weighted by molar-refractivity contribution is -0.133. The first-order valence-corrected chi connectivity index (χ1v) is 10.6. The molecule has 166 valence electrons. The predicted molar refractivity (Wildman–Crippen MR) is 117 cm³/mol. The monoisotopic (exact) mass is 416 g/mol. The minimum Gasteiger partial charge on any atom is -0.347 e. The van der Waals surface area contributed by atoms with Crippen LogP contribution < -0.4 is 0 Å². The maximum atomic E-state index is 12.8. The Morgan fingerprint density at radius 3 is 1.87 bits per heavy atom. The van der Waals surface area contributed by atoms with E-state index in [9.17, 15) is 9.59 Å². The SMILES string of the molecule is CC(C)c1cnn([C@H](C)C(=O)N(C)CCC(C)c2cnn([C@@H](C)C(=O)N(C)C)c2)c1. The van der Waals surface area contributed by atoms with Crippen molar-refractivity contribution in [1.29, 1.82) is 0 Å². The number of carbonyl (C=O) groups excluding carboxylic acids is 2. The molecule has 0 aliphatic rings. The van der Waals surface area contributed by atoms with Crippen LogP contribution in [0, 0.1) is 0 Å². The van der Waals surface area contributed by atoms with Gasteiger partial charge >= 0.3 is 0 Å². The zero-order valence-corrected chi connectivity index (χ0v) is 19.5. The van der Waals surface area contributed by atoms with Gasteiger partial charge in [0.2, 0.25) is 11.8 Å². The van der Waals surface area contributed by atoms with E-state index in [2.05, 4.69) is 31.0 Å². The molecule has 0 aromatic carbocycles. The summed E-state index contributed by atoms with van der Waals surface area (Å²) < 4.78 is 3.44. The van der Waals surface area contributed by atoms with Crippen molar-refractivity contribution in [1.82, 2.24) is 29.4 Å². The van der Waals surface area contributed by atoms with Gasteiger partial charge in [-0.3, -0.25) is 19.0 Å².